The number of rotatable bonds is 0. The van der Waals surface area contributed by atoms with Crippen LogP contribution in [0, 0.1) is 13.1 Å². The van der Waals surface area contributed by atoms with Gasteiger partial charge in [0.25, 0.3) is 0 Å². The van der Waals surface area contributed by atoms with E-state index in [2.05, 4.69) is 13.1 Å². The van der Waals surface area contributed by atoms with Crippen LogP contribution in [0.5, 0.6) is 0 Å². The summed E-state index contributed by atoms with van der Waals surface area (Å²) in [6.45, 7) is 0. The van der Waals surface area contributed by atoms with Crippen molar-refractivity contribution in [3.8, 4) is 0 Å². The van der Waals surface area contributed by atoms with Crippen LogP contribution in [0.25, 0.3) is 0 Å². The maximum Gasteiger partial charge on any atom is 2.00 e. The topological polar surface area (TPSA) is 3.24 Å². The summed E-state index contributed by atoms with van der Waals surface area (Å²) in [5, 5.41) is 0. The molecule has 0 aliphatic heterocycles. The zero-order valence-corrected chi connectivity index (χ0v) is 7.84. The van der Waals surface area contributed by atoms with Crippen LogP contribution < -0.4 is 0 Å². The molecule has 0 radical (unpaired) electrons. The van der Waals surface area contributed by atoms with Gasteiger partial charge in [-0.2, -0.15) is 36.4 Å². The van der Waals surface area contributed by atoms with Gasteiger partial charge in [-0.05, 0) is 14.1 Å². The Labute approximate surface area is 79.3 Å². The molecular weight excluding hydrogens is 181 g/mol. The van der Waals surface area contributed by atoms with Crippen molar-refractivity contribution in [3.63, 3.8) is 0 Å². The molecular formula is C9H13NNi. The van der Waals surface area contributed by atoms with Crippen molar-refractivity contribution < 1.29 is 16.5 Å². The first-order valence-electron chi connectivity index (χ1n) is 3.12. The normalized spacial score (nSPS) is 7.64. The third-order valence-electron chi connectivity index (χ3n) is 0.607. The predicted octanol–water partition coefficient (Wildman–Crippen LogP) is 1.82. The van der Waals surface area contributed by atoms with Crippen LogP contribution in [0.15, 0.2) is 30.3 Å². The van der Waals surface area contributed by atoms with Gasteiger partial charge in [0.05, 0.1) is 0 Å². The van der Waals surface area contributed by atoms with Crippen LogP contribution in [0.4, 0.5) is 0 Å². The number of nitrogens with zero attached hydrogens (tertiary/aromatic N) is 1. The van der Waals surface area contributed by atoms with Gasteiger partial charge in [-0.15, -0.1) is 0 Å². The van der Waals surface area contributed by atoms with E-state index in [1.54, 1.807) is 4.90 Å². The fraction of sp³-hybridized carbons (Fsp3) is 0.222. The summed E-state index contributed by atoms with van der Waals surface area (Å²) in [6, 6.07) is 12.5. The Morgan fingerprint density at radius 2 is 1.45 bits per heavy atom. The monoisotopic (exact) mass is 193 g/mol. The van der Waals surface area contributed by atoms with E-state index in [0.717, 1.165) is 0 Å². The van der Waals surface area contributed by atoms with Crippen LogP contribution in [0.3, 0.4) is 0 Å². The Morgan fingerprint density at radius 1 is 1.09 bits per heavy atom. The summed E-state index contributed by atoms with van der Waals surface area (Å²) in [5.41, 5.74) is 0. The number of hydrogen-bond donors (Lipinski definition) is 0. The van der Waals surface area contributed by atoms with E-state index in [1.165, 1.54) is 0 Å². The Morgan fingerprint density at radius 3 is 1.55 bits per heavy atom. The maximum absolute atomic E-state index is 3.47. The molecule has 0 aliphatic rings. The molecule has 0 heterocycles. The van der Waals surface area contributed by atoms with E-state index in [9.17, 15) is 0 Å². The Kier molecular flexibility index (Phi) is 11.7. The van der Waals surface area contributed by atoms with Gasteiger partial charge in [0.2, 0.25) is 0 Å². The molecule has 0 unspecified atom stereocenters. The minimum Gasteiger partial charge on any atom is -0.464 e. The fourth-order valence-corrected chi connectivity index (χ4v) is 0.342. The minimum absolute atomic E-state index is 0. The molecule has 0 aromatic heterocycles. The third kappa shape index (κ3) is 17.7. The van der Waals surface area contributed by atoms with E-state index in [4.69, 9.17) is 0 Å². The van der Waals surface area contributed by atoms with Crippen molar-refractivity contribution in [1.82, 2.24) is 4.90 Å². The van der Waals surface area contributed by atoms with Crippen molar-refractivity contribution in [1.29, 1.82) is 0 Å². The van der Waals surface area contributed by atoms with E-state index < -0.39 is 0 Å². The molecule has 0 saturated heterocycles. The summed E-state index contributed by atoms with van der Waals surface area (Å²) in [7, 11) is 7.25. The van der Waals surface area contributed by atoms with Gasteiger partial charge < -0.3 is 4.90 Å². The van der Waals surface area contributed by atoms with E-state index in [0.29, 0.717) is 0 Å². The summed E-state index contributed by atoms with van der Waals surface area (Å²) in [4.78, 5) is 1.75. The van der Waals surface area contributed by atoms with E-state index in [1.807, 2.05) is 44.4 Å². The van der Waals surface area contributed by atoms with Crippen LogP contribution in [0.2, 0.25) is 0 Å². The van der Waals surface area contributed by atoms with Crippen molar-refractivity contribution in [2.45, 2.75) is 0 Å². The molecule has 1 rings (SSSR count). The summed E-state index contributed by atoms with van der Waals surface area (Å²) in [6.07, 6.45) is 0. The van der Waals surface area contributed by atoms with Gasteiger partial charge in [0.1, 0.15) is 0 Å². The van der Waals surface area contributed by atoms with E-state index in [-0.39, 0.29) is 16.5 Å². The first-order chi connectivity index (χ1) is 4.73. The second kappa shape index (κ2) is 9.67. The summed E-state index contributed by atoms with van der Waals surface area (Å²) in [5.74, 6) is 0. The molecule has 0 atom stereocenters. The van der Waals surface area contributed by atoms with Gasteiger partial charge in [-0.25, -0.2) is 0 Å². The quantitative estimate of drug-likeness (QED) is 0.449. The zero-order chi connectivity index (χ0) is 7.82. The molecule has 1 aromatic rings. The van der Waals surface area contributed by atoms with Gasteiger partial charge in [-0.1, -0.05) is 0 Å². The van der Waals surface area contributed by atoms with Gasteiger partial charge in [0.15, 0.2) is 0 Å². The smallest absolute Gasteiger partial charge is 0.464 e. The van der Waals surface area contributed by atoms with Crippen molar-refractivity contribution in [2.75, 3.05) is 14.1 Å². The van der Waals surface area contributed by atoms with Gasteiger partial charge in [-0.3, -0.25) is 7.05 Å². The van der Waals surface area contributed by atoms with Crippen molar-refractivity contribution >= 4 is 0 Å². The van der Waals surface area contributed by atoms with Crippen LogP contribution in [-0.2, 0) is 16.5 Å². The second-order valence-electron chi connectivity index (χ2n) is 2.16. The Hall–Kier alpha value is -0.326. The maximum atomic E-state index is 3.47. The zero-order valence-electron chi connectivity index (χ0n) is 6.86. The first kappa shape index (κ1) is 13.3. The molecule has 1 nitrogen and oxygen atoms in total. The van der Waals surface area contributed by atoms with Gasteiger partial charge >= 0.3 is 16.5 Å². The van der Waals surface area contributed by atoms with Crippen LogP contribution in [-0.4, -0.2) is 19.0 Å². The molecule has 0 N–H and O–H groups in total. The second-order valence-corrected chi connectivity index (χ2v) is 2.16. The molecule has 1 aromatic carbocycles. The fourth-order valence-electron chi connectivity index (χ4n) is 0.342. The molecule has 0 fully saturated rings. The molecule has 0 spiro atoms. The summed E-state index contributed by atoms with van der Waals surface area (Å²) < 4.78 is 0. The number of benzene rings is 1. The third-order valence-corrected chi connectivity index (χ3v) is 0.607. The summed E-state index contributed by atoms with van der Waals surface area (Å²) >= 11 is 0. The average molecular weight is 194 g/mol. The van der Waals surface area contributed by atoms with Crippen molar-refractivity contribution in [3.05, 3.63) is 43.4 Å². The van der Waals surface area contributed by atoms with Gasteiger partial charge in [0, 0.05) is 0 Å². The average Bonchev–Trinajstić information content (AvgIpc) is 1.90. The Balaban J connectivity index is 0. The SMILES string of the molecule is [CH2-]N(C)C.[Ni+2].[c-]1ccccc1. The van der Waals surface area contributed by atoms with Crippen LogP contribution in [0.1, 0.15) is 0 Å². The largest absolute Gasteiger partial charge is 2.00 e. The first-order valence-corrected chi connectivity index (χ1v) is 3.12. The molecule has 64 valence electrons. The molecule has 0 aliphatic carbocycles. The molecule has 0 amide bonds. The predicted molar refractivity (Wildman–Crippen MR) is 44.3 cm³/mol. The standard InChI is InChI=1S/C6H5.C3H8N.Ni/c1-2-4-6-5-3-1;1-4(2)3;/h1-5H;1H2,2-3H3;/q2*-1;+2. The molecule has 0 bridgehead atoms. The molecule has 0 saturated carbocycles. The van der Waals surface area contributed by atoms with Crippen LogP contribution >= 0.6 is 0 Å². The molecule has 11 heavy (non-hydrogen) atoms. The molecule has 2 heteroatoms. The number of hydrogen-bond acceptors (Lipinski definition) is 1. The minimum atomic E-state index is 0. The Bertz CT molecular complexity index is 110. The van der Waals surface area contributed by atoms with Crippen molar-refractivity contribution in [2.24, 2.45) is 0 Å². The van der Waals surface area contributed by atoms with E-state index >= 15 is 0 Å².